The highest BCUT2D eigenvalue weighted by atomic mass is 16.4. The molecule has 1 aromatic heterocycles. The Bertz CT molecular complexity index is 296. The summed E-state index contributed by atoms with van der Waals surface area (Å²) in [5.41, 5.74) is 0.686. The van der Waals surface area contributed by atoms with Crippen LogP contribution in [0, 0.1) is 0 Å². The minimum absolute atomic E-state index is 0.0965. The zero-order chi connectivity index (χ0) is 9.35. The number of hydrogen-bond acceptors (Lipinski definition) is 2. The first-order valence-corrected chi connectivity index (χ1v) is 3.69. The predicted octanol–water partition coefficient (Wildman–Crippen LogP) is 1.71. The summed E-state index contributed by atoms with van der Waals surface area (Å²) in [6.45, 7) is 5.96. The zero-order valence-electron chi connectivity index (χ0n) is 7.40. The third-order valence-corrected chi connectivity index (χ3v) is 1.57. The van der Waals surface area contributed by atoms with E-state index in [0.29, 0.717) is 0 Å². The van der Waals surface area contributed by atoms with Gasteiger partial charge in [0.15, 0.2) is 0 Å². The van der Waals surface area contributed by atoms with E-state index in [0.717, 1.165) is 10.3 Å². The van der Waals surface area contributed by atoms with Crippen molar-refractivity contribution in [2.24, 2.45) is 0 Å². The number of imidazole rings is 1. The van der Waals surface area contributed by atoms with Crippen molar-refractivity contribution in [1.29, 1.82) is 0 Å². The van der Waals surface area contributed by atoms with Crippen molar-refractivity contribution >= 4 is 6.09 Å². The molecule has 0 saturated heterocycles. The lowest BCUT2D eigenvalue weighted by Gasteiger charge is -2.13. The molecule has 12 heavy (non-hydrogen) atoms. The van der Waals surface area contributed by atoms with Crippen molar-refractivity contribution in [3.63, 3.8) is 0 Å². The van der Waals surface area contributed by atoms with Crippen LogP contribution in [-0.2, 0) is 5.41 Å². The maximum absolute atomic E-state index is 10.5. The molecule has 1 aromatic rings. The second-order valence-corrected chi connectivity index (χ2v) is 3.70. The van der Waals surface area contributed by atoms with Crippen molar-refractivity contribution < 1.29 is 9.90 Å². The molecule has 0 unspecified atom stereocenters. The van der Waals surface area contributed by atoms with Gasteiger partial charge < -0.3 is 5.11 Å². The van der Waals surface area contributed by atoms with Crippen molar-refractivity contribution in [2.45, 2.75) is 26.2 Å². The van der Waals surface area contributed by atoms with Crippen molar-refractivity contribution in [3.8, 4) is 0 Å². The van der Waals surface area contributed by atoms with E-state index in [9.17, 15) is 4.79 Å². The molecule has 0 amide bonds. The summed E-state index contributed by atoms with van der Waals surface area (Å²) < 4.78 is 1.06. The van der Waals surface area contributed by atoms with Gasteiger partial charge in [0.05, 0.1) is 5.69 Å². The summed E-state index contributed by atoms with van der Waals surface area (Å²) in [6.07, 6.45) is 1.84. The van der Waals surface area contributed by atoms with Crippen LogP contribution < -0.4 is 0 Å². The first-order chi connectivity index (χ1) is 5.41. The number of nitrogens with zero attached hydrogens (tertiary/aromatic N) is 2. The highest BCUT2D eigenvalue weighted by Crippen LogP contribution is 2.19. The lowest BCUT2D eigenvalue weighted by Crippen LogP contribution is -2.12. The first kappa shape index (κ1) is 8.77. The van der Waals surface area contributed by atoms with E-state index in [1.807, 2.05) is 20.8 Å². The molecule has 0 atom stereocenters. The Morgan fingerprint density at radius 2 is 2.17 bits per heavy atom. The number of carbonyl (C=O) groups is 1. The van der Waals surface area contributed by atoms with Crippen LogP contribution in [-0.4, -0.2) is 20.8 Å². The Hall–Kier alpha value is -1.32. The van der Waals surface area contributed by atoms with Gasteiger partial charge in [-0.05, 0) is 0 Å². The Morgan fingerprint density at radius 1 is 1.58 bits per heavy atom. The van der Waals surface area contributed by atoms with Crippen LogP contribution in [0.4, 0.5) is 4.79 Å². The Kier molecular flexibility index (Phi) is 1.92. The number of carboxylic acid groups (broad SMARTS) is 1. The molecule has 4 nitrogen and oxygen atoms in total. The van der Waals surface area contributed by atoms with Gasteiger partial charge in [0, 0.05) is 11.6 Å². The SMILES string of the molecule is CC(C)(C)c1cn(C(=O)O)cn1. The predicted molar refractivity (Wildman–Crippen MR) is 44.3 cm³/mol. The quantitative estimate of drug-likeness (QED) is 0.641. The van der Waals surface area contributed by atoms with Crippen LogP contribution in [0.25, 0.3) is 0 Å². The van der Waals surface area contributed by atoms with Crippen LogP contribution in [0.15, 0.2) is 12.5 Å². The highest BCUT2D eigenvalue weighted by molar-refractivity contribution is 5.67. The number of hydrogen-bond donors (Lipinski definition) is 1. The molecule has 0 spiro atoms. The normalized spacial score (nSPS) is 11.6. The van der Waals surface area contributed by atoms with Gasteiger partial charge in [0.1, 0.15) is 6.33 Å². The van der Waals surface area contributed by atoms with E-state index in [1.54, 1.807) is 0 Å². The van der Waals surface area contributed by atoms with Crippen molar-refractivity contribution in [3.05, 3.63) is 18.2 Å². The maximum atomic E-state index is 10.5. The van der Waals surface area contributed by atoms with Gasteiger partial charge in [0.2, 0.25) is 0 Å². The van der Waals surface area contributed by atoms with Crippen LogP contribution in [0.1, 0.15) is 26.5 Å². The highest BCUT2D eigenvalue weighted by Gasteiger charge is 2.17. The second-order valence-electron chi connectivity index (χ2n) is 3.70. The zero-order valence-corrected chi connectivity index (χ0v) is 7.40. The number of aromatic nitrogens is 2. The fraction of sp³-hybridized carbons (Fsp3) is 0.500. The molecule has 0 aliphatic carbocycles. The average molecular weight is 168 g/mol. The van der Waals surface area contributed by atoms with Crippen LogP contribution >= 0.6 is 0 Å². The van der Waals surface area contributed by atoms with E-state index in [-0.39, 0.29) is 5.41 Å². The van der Waals surface area contributed by atoms with E-state index in [2.05, 4.69) is 4.98 Å². The number of rotatable bonds is 0. The Labute approximate surface area is 70.9 Å². The molecule has 1 rings (SSSR count). The molecule has 0 fully saturated rings. The van der Waals surface area contributed by atoms with Crippen LogP contribution in [0.3, 0.4) is 0 Å². The standard InChI is InChI=1S/C8H12N2O2/c1-8(2,3)6-4-10(5-9-6)7(11)12/h4-5H,1-3H3,(H,11,12). The Balaban J connectivity index is 3.00. The minimum atomic E-state index is -1.00. The lowest BCUT2D eigenvalue weighted by atomic mass is 9.93. The molecular weight excluding hydrogens is 156 g/mol. The van der Waals surface area contributed by atoms with Gasteiger partial charge in [-0.15, -0.1) is 0 Å². The van der Waals surface area contributed by atoms with E-state index in [1.165, 1.54) is 12.5 Å². The minimum Gasteiger partial charge on any atom is -0.464 e. The Morgan fingerprint density at radius 3 is 2.42 bits per heavy atom. The van der Waals surface area contributed by atoms with E-state index >= 15 is 0 Å². The fourth-order valence-electron chi connectivity index (χ4n) is 0.815. The van der Waals surface area contributed by atoms with Crippen molar-refractivity contribution in [1.82, 2.24) is 9.55 Å². The molecule has 0 aromatic carbocycles. The molecule has 66 valence electrons. The summed E-state index contributed by atoms with van der Waals surface area (Å²) in [4.78, 5) is 14.5. The van der Waals surface area contributed by atoms with Crippen molar-refractivity contribution in [2.75, 3.05) is 0 Å². The topological polar surface area (TPSA) is 55.1 Å². The first-order valence-electron chi connectivity index (χ1n) is 3.69. The van der Waals surface area contributed by atoms with Crippen LogP contribution in [0.5, 0.6) is 0 Å². The summed E-state index contributed by atoms with van der Waals surface area (Å²) in [5.74, 6) is 0. The van der Waals surface area contributed by atoms with Gasteiger partial charge in [-0.1, -0.05) is 20.8 Å². The monoisotopic (exact) mass is 168 g/mol. The van der Waals surface area contributed by atoms with Gasteiger partial charge in [-0.25, -0.2) is 14.3 Å². The molecule has 1 heterocycles. The summed E-state index contributed by atoms with van der Waals surface area (Å²) in [7, 11) is 0. The third kappa shape index (κ3) is 1.64. The van der Waals surface area contributed by atoms with E-state index in [4.69, 9.17) is 5.11 Å². The molecule has 0 aliphatic heterocycles. The molecule has 0 saturated carbocycles. The van der Waals surface area contributed by atoms with Gasteiger partial charge in [0.25, 0.3) is 0 Å². The smallest absolute Gasteiger partial charge is 0.416 e. The summed E-state index contributed by atoms with van der Waals surface area (Å²) in [6, 6.07) is 0. The fourth-order valence-corrected chi connectivity index (χ4v) is 0.815. The molecule has 4 heteroatoms. The molecule has 1 N–H and O–H groups in total. The second kappa shape index (κ2) is 2.62. The van der Waals surface area contributed by atoms with Crippen LogP contribution in [0.2, 0.25) is 0 Å². The lowest BCUT2D eigenvalue weighted by molar-refractivity contribution is 0.196. The average Bonchev–Trinajstić information content (AvgIpc) is 2.30. The molecular formula is C8H12N2O2. The van der Waals surface area contributed by atoms with Gasteiger partial charge in [-0.2, -0.15) is 0 Å². The largest absolute Gasteiger partial charge is 0.464 e. The summed E-state index contributed by atoms with van der Waals surface area (Å²) >= 11 is 0. The molecule has 0 aliphatic rings. The van der Waals surface area contributed by atoms with Gasteiger partial charge >= 0.3 is 6.09 Å². The maximum Gasteiger partial charge on any atom is 0.416 e. The molecule has 0 bridgehead atoms. The van der Waals surface area contributed by atoms with Gasteiger partial charge in [-0.3, -0.25) is 0 Å². The summed E-state index contributed by atoms with van der Waals surface area (Å²) in [5, 5.41) is 8.59. The molecule has 0 radical (unpaired) electrons. The third-order valence-electron chi connectivity index (χ3n) is 1.57. The van der Waals surface area contributed by atoms with E-state index < -0.39 is 6.09 Å².